The van der Waals surface area contributed by atoms with Crippen LogP contribution in [0.1, 0.15) is 193 Å². The zero-order chi connectivity index (χ0) is 45.0. The lowest BCUT2D eigenvalue weighted by Gasteiger charge is -2.24. The molecule has 0 fully saturated rings. The maximum absolute atomic E-state index is 12.3. The summed E-state index contributed by atoms with van der Waals surface area (Å²) in [7, 11) is 0. The summed E-state index contributed by atoms with van der Waals surface area (Å²) in [4.78, 5) is 36.3. The summed E-state index contributed by atoms with van der Waals surface area (Å²) in [5.74, 6) is 0.254. The first-order valence-electron chi connectivity index (χ1n) is 25.0. The molecule has 4 atom stereocenters. The molecule has 13 N–H and O–H groups in total. The van der Waals surface area contributed by atoms with Gasteiger partial charge in [0.15, 0.2) is 6.10 Å². The zero-order valence-corrected chi connectivity index (χ0v) is 38.9. The molecular formula is C47H97N7O7. The second-order valence-corrected chi connectivity index (χ2v) is 17.5. The van der Waals surface area contributed by atoms with Crippen LogP contribution in [-0.2, 0) is 14.4 Å². The number of nitrogens with one attached hydrogen (secondary N) is 5. The molecule has 0 saturated carbocycles. The van der Waals surface area contributed by atoms with E-state index >= 15 is 0 Å². The minimum Gasteiger partial charge on any atom is -0.391 e. The van der Waals surface area contributed by atoms with E-state index in [0.29, 0.717) is 25.3 Å². The average molecular weight is 872 g/mol. The first kappa shape index (κ1) is 59.1. The monoisotopic (exact) mass is 872 g/mol. The number of hydrogen-bond acceptors (Lipinski definition) is 11. The maximum Gasteiger partial charge on any atom is 0.251 e. The SMILES string of the molecule is C[C@@H](O)[C@@H](O)[C@H](O)[C@@H](O)C(=O)NCCCCCCCCCCCC(=O)NCCCCCCCCCCCC(=O)NCCCCCCC(CNCCCCN)CNCCCCN. The third-order valence-electron chi connectivity index (χ3n) is 11.6. The van der Waals surface area contributed by atoms with Gasteiger partial charge in [0.1, 0.15) is 12.2 Å². The smallest absolute Gasteiger partial charge is 0.251 e. The lowest BCUT2D eigenvalue weighted by Crippen LogP contribution is -2.50. The molecule has 362 valence electrons. The first-order chi connectivity index (χ1) is 29.6. The summed E-state index contributed by atoms with van der Waals surface area (Å²) in [5.41, 5.74) is 11.2. The number of carbonyl (C=O) groups excluding carboxylic acids is 3. The predicted octanol–water partition coefficient (Wildman–Crippen LogP) is 4.82. The molecule has 0 aliphatic heterocycles. The van der Waals surface area contributed by atoms with Crippen molar-refractivity contribution in [1.82, 2.24) is 26.6 Å². The number of hydrogen-bond donors (Lipinski definition) is 11. The molecule has 0 aromatic carbocycles. The van der Waals surface area contributed by atoms with E-state index in [2.05, 4.69) is 26.6 Å². The fourth-order valence-electron chi connectivity index (χ4n) is 7.46. The second kappa shape index (κ2) is 44.7. The molecule has 0 radical (unpaired) electrons. The predicted molar refractivity (Wildman–Crippen MR) is 250 cm³/mol. The Balaban J connectivity index is 3.54. The van der Waals surface area contributed by atoms with Gasteiger partial charge < -0.3 is 58.5 Å². The zero-order valence-electron chi connectivity index (χ0n) is 38.9. The first-order valence-corrected chi connectivity index (χ1v) is 25.0. The number of carbonyl (C=O) groups is 3. The maximum atomic E-state index is 12.3. The molecule has 0 spiro atoms. The van der Waals surface area contributed by atoms with Gasteiger partial charge in [0.05, 0.1) is 6.10 Å². The highest BCUT2D eigenvalue weighted by Gasteiger charge is 2.32. The molecular weight excluding hydrogens is 775 g/mol. The standard InChI is InChI=1S/C47H97N7O7/c1-40(55)44(58)45(59)46(60)47(61)54-37-25-16-11-7-3-5-9-13-19-29-42(56)52-35-23-15-10-6-2-4-8-12-20-30-43(57)53-36-24-17-14-18-28-41(38-50-33-26-21-31-48)39-51-34-27-22-32-49/h40-41,44-46,50-51,55,58-60H,2-39,48-49H2,1H3,(H,52,56)(H,53,57)(H,54,61)/t40-,44-,45+,46-/m1/s1. The topological polar surface area (TPSA) is 244 Å². The third-order valence-corrected chi connectivity index (χ3v) is 11.6. The van der Waals surface area contributed by atoms with Crippen molar-refractivity contribution >= 4 is 17.7 Å². The number of aliphatic hydroxyl groups is 4. The van der Waals surface area contributed by atoms with Crippen molar-refractivity contribution in [1.29, 1.82) is 0 Å². The Kier molecular flexibility index (Phi) is 43.3. The summed E-state index contributed by atoms with van der Waals surface area (Å²) in [6.07, 6.45) is 25.0. The quantitative estimate of drug-likeness (QED) is 0.0370. The molecule has 0 aliphatic rings. The van der Waals surface area contributed by atoms with E-state index in [9.17, 15) is 34.8 Å². The van der Waals surface area contributed by atoms with Crippen LogP contribution in [0.3, 0.4) is 0 Å². The van der Waals surface area contributed by atoms with E-state index in [1.807, 2.05) is 0 Å². The lowest BCUT2D eigenvalue weighted by molar-refractivity contribution is -0.145. The number of rotatable bonds is 47. The van der Waals surface area contributed by atoms with E-state index in [1.54, 1.807) is 0 Å². The average Bonchev–Trinajstić information content (AvgIpc) is 3.25. The third kappa shape index (κ3) is 39.4. The van der Waals surface area contributed by atoms with Crippen LogP contribution in [0.15, 0.2) is 0 Å². The van der Waals surface area contributed by atoms with Crippen LogP contribution in [0.5, 0.6) is 0 Å². The molecule has 3 amide bonds. The molecule has 61 heavy (non-hydrogen) atoms. The Morgan fingerprint density at radius 3 is 1.16 bits per heavy atom. The van der Waals surface area contributed by atoms with Crippen LogP contribution in [0, 0.1) is 5.92 Å². The Bertz CT molecular complexity index is 983. The number of unbranched alkanes of at least 4 members (excludes halogenated alkanes) is 21. The molecule has 0 rings (SSSR count). The summed E-state index contributed by atoms with van der Waals surface area (Å²) in [6, 6.07) is 0. The van der Waals surface area contributed by atoms with Crippen molar-refractivity contribution in [3.05, 3.63) is 0 Å². The Morgan fingerprint density at radius 1 is 0.426 bits per heavy atom. The van der Waals surface area contributed by atoms with Crippen LogP contribution in [0.2, 0.25) is 0 Å². The van der Waals surface area contributed by atoms with Crippen molar-refractivity contribution < 1.29 is 34.8 Å². The van der Waals surface area contributed by atoms with Crippen LogP contribution in [0.4, 0.5) is 0 Å². The number of aliphatic hydroxyl groups excluding tert-OH is 4. The summed E-state index contributed by atoms with van der Waals surface area (Å²) >= 11 is 0. The van der Waals surface area contributed by atoms with Crippen LogP contribution >= 0.6 is 0 Å². The summed E-state index contributed by atoms with van der Waals surface area (Å²) in [6.45, 7) is 8.96. The highest BCUT2D eigenvalue weighted by atomic mass is 16.4. The highest BCUT2D eigenvalue weighted by Crippen LogP contribution is 2.14. The molecule has 0 saturated heterocycles. The van der Waals surface area contributed by atoms with Gasteiger partial charge >= 0.3 is 0 Å². The Hall–Kier alpha value is -1.91. The van der Waals surface area contributed by atoms with Crippen molar-refractivity contribution in [3.8, 4) is 0 Å². The van der Waals surface area contributed by atoms with Gasteiger partial charge in [-0.15, -0.1) is 0 Å². The van der Waals surface area contributed by atoms with Gasteiger partial charge in [-0.3, -0.25) is 14.4 Å². The van der Waals surface area contributed by atoms with E-state index in [4.69, 9.17) is 11.5 Å². The van der Waals surface area contributed by atoms with Crippen LogP contribution in [0.25, 0.3) is 0 Å². The fourth-order valence-corrected chi connectivity index (χ4v) is 7.46. The molecule has 0 bridgehead atoms. The molecule has 14 nitrogen and oxygen atoms in total. The molecule has 0 aromatic heterocycles. The Labute approximate surface area is 372 Å². The van der Waals surface area contributed by atoms with Gasteiger partial charge in [-0.05, 0) is 116 Å². The van der Waals surface area contributed by atoms with Crippen molar-refractivity contribution in [2.45, 2.75) is 218 Å². The van der Waals surface area contributed by atoms with Gasteiger partial charge in [-0.2, -0.15) is 0 Å². The van der Waals surface area contributed by atoms with E-state index in [0.717, 1.165) is 168 Å². The van der Waals surface area contributed by atoms with Crippen molar-refractivity contribution in [2.75, 3.05) is 58.9 Å². The van der Waals surface area contributed by atoms with E-state index in [1.165, 1.54) is 64.7 Å². The largest absolute Gasteiger partial charge is 0.391 e. The molecule has 0 heterocycles. The van der Waals surface area contributed by atoms with Gasteiger partial charge in [-0.1, -0.05) is 109 Å². The second-order valence-electron chi connectivity index (χ2n) is 17.5. The molecule has 0 aromatic rings. The van der Waals surface area contributed by atoms with Crippen LogP contribution < -0.4 is 38.1 Å². The molecule has 0 unspecified atom stereocenters. The number of nitrogens with two attached hydrogens (primary N) is 2. The summed E-state index contributed by atoms with van der Waals surface area (Å²) < 4.78 is 0. The molecule has 0 aliphatic carbocycles. The van der Waals surface area contributed by atoms with Gasteiger partial charge in [0.2, 0.25) is 11.8 Å². The highest BCUT2D eigenvalue weighted by molar-refractivity contribution is 5.81. The Morgan fingerprint density at radius 2 is 0.770 bits per heavy atom. The van der Waals surface area contributed by atoms with Gasteiger partial charge in [-0.25, -0.2) is 0 Å². The van der Waals surface area contributed by atoms with Crippen LogP contribution in [-0.4, -0.2) is 121 Å². The molecule has 14 heteroatoms. The van der Waals surface area contributed by atoms with Gasteiger partial charge in [0, 0.05) is 32.5 Å². The lowest BCUT2D eigenvalue weighted by atomic mass is 10.00. The van der Waals surface area contributed by atoms with Crippen molar-refractivity contribution in [2.24, 2.45) is 17.4 Å². The minimum atomic E-state index is -1.78. The van der Waals surface area contributed by atoms with E-state index in [-0.39, 0.29) is 11.8 Å². The van der Waals surface area contributed by atoms with Gasteiger partial charge in [0.25, 0.3) is 5.91 Å². The normalized spacial score (nSPS) is 13.6. The van der Waals surface area contributed by atoms with E-state index < -0.39 is 30.3 Å². The fraction of sp³-hybridized carbons (Fsp3) is 0.936. The number of amides is 3. The van der Waals surface area contributed by atoms with Crippen molar-refractivity contribution in [3.63, 3.8) is 0 Å². The summed E-state index contributed by atoms with van der Waals surface area (Å²) in [5, 5.41) is 54.4. The minimum absolute atomic E-state index is 0.161.